The van der Waals surface area contributed by atoms with Gasteiger partial charge in [-0.25, -0.2) is 9.07 Å². The van der Waals surface area contributed by atoms with Crippen LogP contribution in [0, 0.1) is 11.7 Å². The van der Waals surface area contributed by atoms with Gasteiger partial charge in [0.05, 0.1) is 12.1 Å². The number of carbonyl (C=O) groups is 1. The first-order valence-electron chi connectivity index (χ1n) is 9.45. The van der Waals surface area contributed by atoms with Crippen molar-refractivity contribution in [1.29, 1.82) is 0 Å². The Morgan fingerprint density at radius 3 is 2.48 bits per heavy atom. The summed E-state index contributed by atoms with van der Waals surface area (Å²) < 4.78 is 15.2. The van der Waals surface area contributed by atoms with Crippen molar-refractivity contribution in [3.8, 4) is 0 Å². The van der Waals surface area contributed by atoms with Crippen molar-refractivity contribution in [2.45, 2.75) is 32.4 Å². The molecule has 0 aliphatic carbocycles. The Kier molecular flexibility index (Phi) is 5.24. The van der Waals surface area contributed by atoms with Crippen molar-refractivity contribution in [2.24, 2.45) is 5.92 Å². The van der Waals surface area contributed by atoms with Gasteiger partial charge in [0.25, 0.3) is 5.95 Å². The topological polar surface area (TPSA) is 71.8 Å². The molecule has 6 nitrogen and oxygen atoms in total. The molecule has 2 aromatic carbocycles. The minimum atomic E-state index is -0.291. The highest BCUT2D eigenvalue weighted by Crippen LogP contribution is 2.38. The van der Waals surface area contributed by atoms with Crippen LogP contribution in [0.3, 0.4) is 0 Å². The maximum Gasteiger partial charge on any atom is 0.250 e. The summed E-state index contributed by atoms with van der Waals surface area (Å²) in [6.45, 7) is 3.61. The van der Waals surface area contributed by atoms with Crippen molar-refractivity contribution in [1.82, 2.24) is 14.8 Å². The van der Waals surface area contributed by atoms with Gasteiger partial charge in [-0.15, -0.1) is 5.10 Å². The van der Waals surface area contributed by atoms with E-state index in [0.717, 1.165) is 11.1 Å². The van der Waals surface area contributed by atoms with Crippen molar-refractivity contribution < 1.29 is 9.18 Å². The molecule has 2 unspecified atom stereocenters. The van der Waals surface area contributed by atoms with E-state index in [0.29, 0.717) is 17.4 Å². The van der Waals surface area contributed by atoms with Gasteiger partial charge in [-0.2, -0.15) is 4.98 Å². The maximum atomic E-state index is 13.4. The highest BCUT2D eigenvalue weighted by atomic mass is 35.5. The fraction of sp³-hybridized carbons (Fsp3) is 0.286. The second kappa shape index (κ2) is 7.83. The van der Waals surface area contributed by atoms with E-state index in [1.165, 1.54) is 12.1 Å². The number of fused-ring (bicyclic) bond motifs is 1. The average molecular weight is 414 g/mol. The SMILES string of the molecule is CC(C)C(=O)Nc1nc2n(n1)C(c1ccc(F)cc1)CC(c1ccc(Cl)cc1)N2. The number of amides is 1. The van der Waals surface area contributed by atoms with Crippen molar-refractivity contribution in [3.05, 3.63) is 70.5 Å². The van der Waals surface area contributed by atoms with Crippen molar-refractivity contribution in [3.63, 3.8) is 0 Å². The van der Waals surface area contributed by atoms with E-state index in [4.69, 9.17) is 11.6 Å². The average Bonchev–Trinajstić information content (AvgIpc) is 3.10. The molecule has 0 bridgehead atoms. The summed E-state index contributed by atoms with van der Waals surface area (Å²) in [4.78, 5) is 16.5. The van der Waals surface area contributed by atoms with Crippen molar-refractivity contribution >= 4 is 29.4 Å². The summed E-state index contributed by atoms with van der Waals surface area (Å²) in [5.41, 5.74) is 1.98. The summed E-state index contributed by atoms with van der Waals surface area (Å²) in [7, 11) is 0. The van der Waals surface area contributed by atoms with Crippen LogP contribution in [0.2, 0.25) is 5.02 Å². The maximum absolute atomic E-state index is 13.4. The molecule has 1 amide bonds. The summed E-state index contributed by atoms with van der Waals surface area (Å²) in [6.07, 6.45) is 0.682. The number of halogens is 2. The van der Waals surface area contributed by atoms with Crippen LogP contribution in [0.4, 0.5) is 16.3 Å². The normalized spacial score (nSPS) is 18.2. The molecule has 0 saturated heterocycles. The molecule has 1 aliphatic rings. The van der Waals surface area contributed by atoms with E-state index in [9.17, 15) is 9.18 Å². The Morgan fingerprint density at radius 1 is 1.17 bits per heavy atom. The van der Waals surface area contributed by atoms with Gasteiger partial charge in [0.15, 0.2) is 0 Å². The fourth-order valence-corrected chi connectivity index (χ4v) is 3.49. The van der Waals surface area contributed by atoms with E-state index >= 15 is 0 Å². The van der Waals surface area contributed by atoms with Crippen LogP contribution < -0.4 is 10.6 Å². The van der Waals surface area contributed by atoms with Crippen molar-refractivity contribution in [2.75, 3.05) is 10.6 Å². The number of hydrogen-bond donors (Lipinski definition) is 2. The summed E-state index contributed by atoms with van der Waals surface area (Å²) in [6, 6.07) is 13.8. The first-order valence-corrected chi connectivity index (χ1v) is 9.83. The molecule has 0 spiro atoms. The van der Waals surface area contributed by atoms with Crippen LogP contribution >= 0.6 is 11.6 Å². The summed E-state index contributed by atoms with van der Waals surface area (Å²) in [5.74, 6) is 0.166. The second-order valence-corrected chi connectivity index (χ2v) is 7.84. The van der Waals surface area contributed by atoms with E-state index in [1.54, 1.807) is 16.8 Å². The van der Waals surface area contributed by atoms with E-state index < -0.39 is 0 Å². The molecule has 0 fully saturated rings. The number of rotatable bonds is 4. The van der Waals surface area contributed by atoms with Crippen LogP contribution in [0.25, 0.3) is 0 Å². The van der Waals surface area contributed by atoms with Gasteiger partial charge in [-0.05, 0) is 41.8 Å². The van der Waals surface area contributed by atoms with Gasteiger partial charge in [0, 0.05) is 10.9 Å². The number of hydrogen-bond acceptors (Lipinski definition) is 4. The molecular weight excluding hydrogens is 393 g/mol. The minimum absolute atomic E-state index is 0.0346. The highest BCUT2D eigenvalue weighted by Gasteiger charge is 2.31. The quantitative estimate of drug-likeness (QED) is 0.643. The lowest BCUT2D eigenvalue weighted by Crippen LogP contribution is -2.28. The monoisotopic (exact) mass is 413 g/mol. The molecule has 2 atom stereocenters. The molecule has 150 valence electrons. The highest BCUT2D eigenvalue weighted by molar-refractivity contribution is 6.30. The zero-order valence-electron chi connectivity index (χ0n) is 16.1. The minimum Gasteiger partial charge on any atom is -0.347 e. The van der Waals surface area contributed by atoms with Gasteiger partial charge in [-0.3, -0.25) is 10.1 Å². The zero-order valence-corrected chi connectivity index (χ0v) is 16.8. The van der Waals surface area contributed by atoms with Gasteiger partial charge in [0.2, 0.25) is 11.9 Å². The van der Waals surface area contributed by atoms with Gasteiger partial charge < -0.3 is 5.32 Å². The molecule has 3 aromatic rings. The Morgan fingerprint density at radius 2 is 1.83 bits per heavy atom. The van der Waals surface area contributed by atoms with Gasteiger partial charge in [-0.1, -0.05) is 49.7 Å². The molecule has 2 N–H and O–H groups in total. The number of nitrogens with one attached hydrogen (secondary N) is 2. The summed E-state index contributed by atoms with van der Waals surface area (Å²) in [5, 5.41) is 11.3. The molecular formula is C21H21ClFN5O. The zero-order chi connectivity index (χ0) is 20.5. The third-order valence-electron chi connectivity index (χ3n) is 4.98. The Bertz CT molecular complexity index is 1020. The van der Waals surface area contributed by atoms with E-state index in [2.05, 4.69) is 20.7 Å². The number of nitrogens with zero attached hydrogens (tertiary/aromatic N) is 3. The standard InChI is InChI=1S/C21H21ClFN5O/c1-12(2)19(29)25-20-26-21-24-17(13-3-7-15(22)8-4-13)11-18(28(21)27-20)14-5-9-16(23)10-6-14/h3-10,12,17-18H,11H2,1-2H3,(H2,24,25,26,27,29). The van der Waals surface area contributed by atoms with Gasteiger partial charge in [0.1, 0.15) is 5.82 Å². The van der Waals surface area contributed by atoms with Crippen LogP contribution in [0.15, 0.2) is 48.5 Å². The molecule has 1 aromatic heterocycles. The fourth-order valence-electron chi connectivity index (χ4n) is 3.36. The largest absolute Gasteiger partial charge is 0.347 e. The second-order valence-electron chi connectivity index (χ2n) is 7.40. The van der Waals surface area contributed by atoms with E-state index in [-0.39, 0.29) is 35.7 Å². The molecule has 0 radical (unpaired) electrons. The Balaban J connectivity index is 1.71. The Labute approximate surface area is 173 Å². The lowest BCUT2D eigenvalue weighted by molar-refractivity contribution is -0.118. The molecule has 1 aliphatic heterocycles. The lowest BCUT2D eigenvalue weighted by Gasteiger charge is -2.31. The van der Waals surface area contributed by atoms with Crippen LogP contribution in [-0.4, -0.2) is 20.7 Å². The smallest absolute Gasteiger partial charge is 0.250 e. The molecule has 0 saturated carbocycles. The third kappa shape index (κ3) is 4.10. The van der Waals surface area contributed by atoms with Crippen LogP contribution in [-0.2, 0) is 4.79 Å². The molecule has 4 rings (SSSR count). The number of aromatic nitrogens is 3. The number of benzene rings is 2. The predicted octanol–water partition coefficient (Wildman–Crippen LogP) is 4.81. The third-order valence-corrected chi connectivity index (χ3v) is 5.23. The molecule has 29 heavy (non-hydrogen) atoms. The Hall–Kier alpha value is -2.93. The molecule has 2 heterocycles. The first kappa shape index (κ1) is 19.4. The van der Waals surface area contributed by atoms with E-state index in [1.807, 2.05) is 38.1 Å². The predicted molar refractivity (Wildman–Crippen MR) is 110 cm³/mol. The number of anilines is 2. The lowest BCUT2D eigenvalue weighted by atomic mass is 9.93. The first-order chi connectivity index (χ1) is 13.9. The van der Waals surface area contributed by atoms with Crippen LogP contribution in [0.1, 0.15) is 43.5 Å². The van der Waals surface area contributed by atoms with Crippen LogP contribution in [0.5, 0.6) is 0 Å². The van der Waals surface area contributed by atoms with Gasteiger partial charge >= 0.3 is 0 Å². The summed E-state index contributed by atoms with van der Waals surface area (Å²) >= 11 is 6.03. The number of carbonyl (C=O) groups excluding carboxylic acids is 1. The molecule has 8 heteroatoms.